The molecule has 28 heavy (non-hydrogen) atoms. The second-order valence-corrected chi connectivity index (χ2v) is 6.17. The largest absolute Gasteiger partial charge is 0.464 e. The number of aromatic nitrogens is 3. The van der Waals surface area contributed by atoms with Crippen LogP contribution >= 0.6 is 0 Å². The fourth-order valence-corrected chi connectivity index (χ4v) is 2.75. The van der Waals surface area contributed by atoms with Gasteiger partial charge >= 0.3 is 12.0 Å². The van der Waals surface area contributed by atoms with Crippen LogP contribution in [0.15, 0.2) is 66.9 Å². The minimum absolute atomic E-state index is 0.120. The molecule has 3 rings (SSSR count). The number of ether oxygens (including phenoxy) is 1. The number of hydrogen-bond donors (Lipinski definition) is 2. The van der Waals surface area contributed by atoms with Crippen molar-refractivity contribution in [2.45, 2.75) is 19.0 Å². The van der Waals surface area contributed by atoms with Crippen LogP contribution < -0.4 is 10.6 Å². The van der Waals surface area contributed by atoms with Gasteiger partial charge in [0.15, 0.2) is 5.69 Å². The van der Waals surface area contributed by atoms with Crippen LogP contribution in [0, 0.1) is 0 Å². The zero-order chi connectivity index (χ0) is 19.8. The van der Waals surface area contributed by atoms with Gasteiger partial charge in [-0.3, -0.25) is 0 Å². The molecule has 0 spiro atoms. The molecule has 0 unspecified atom stereocenters. The molecule has 8 nitrogen and oxygen atoms in total. The number of nitrogens with zero attached hydrogens (tertiary/aromatic N) is 3. The molecule has 0 aliphatic heterocycles. The van der Waals surface area contributed by atoms with Crippen LogP contribution in [0.2, 0.25) is 0 Å². The number of methoxy groups -OCH3 is 1. The third-order valence-corrected chi connectivity index (χ3v) is 4.03. The zero-order valence-corrected chi connectivity index (χ0v) is 15.4. The van der Waals surface area contributed by atoms with E-state index in [0.717, 1.165) is 5.56 Å². The maximum Gasteiger partial charge on any atom is 0.360 e. The molecule has 0 saturated heterocycles. The average molecular weight is 379 g/mol. The smallest absolute Gasteiger partial charge is 0.360 e. The first kappa shape index (κ1) is 19.1. The summed E-state index contributed by atoms with van der Waals surface area (Å²) in [7, 11) is 1.29. The van der Waals surface area contributed by atoms with Gasteiger partial charge in [-0.05, 0) is 24.1 Å². The maximum absolute atomic E-state index is 12.4. The van der Waals surface area contributed by atoms with E-state index in [1.54, 1.807) is 0 Å². The van der Waals surface area contributed by atoms with Crippen molar-refractivity contribution >= 4 is 17.7 Å². The minimum atomic E-state index is -0.555. The fraction of sp³-hybridized carbons (Fsp3) is 0.200. The Labute approximate surface area is 162 Å². The average Bonchev–Trinajstić information content (AvgIpc) is 3.17. The van der Waals surface area contributed by atoms with E-state index in [0.29, 0.717) is 18.7 Å². The summed E-state index contributed by atoms with van der Waals surface area (Å²) in [4.78, 5) is 24.0. The summed E-state index contributed by atoms with van der Waals surface area (Å²) >= 11 is 0. The molecule has 0 radical (unpaired) electrons. The molecule has 2 N–H and O–H groups in total. The van der Waals surface area contributed by atoms with Crippen LogP contribution in [-0.4, -0.2) is 40.1 Å². The fourth-order valence-electron chi connectivity index (χ4n) is 2.75. The lowest BCUT2D eigenvalue weighted by molar-refractivity contribution is 0.0594. The Bertz CT molecular complexity index is 912. The Morgan fingerprint density at radius 2 is 1.75 bits per heavy atom. The molecular weight excluding hydrogens is 358 g/mol. The molecule has 2 amide bonds. The number of hydrogen-bond acceptors (Lipinski definition) is 5. The van der Waals surface area contributed by atoms with Crippen LogP contribution in [0.5, 0.6) is 0 Å². The van der Waals surface area contributed by atoms with E-state index in [4.69, 9.17) is 0 Å². The third-order valence-electron chi connectivity index (χ3n) is 4.03. The standard InChI is InChI=1S/C20H21N5O3/c1-28-19(26)18-14-25(24-23-18)13-17(12-15-8-4-2-5-9-15)22-20(27)21-16-10-6-3-7-11-16/h2-11,14,17H,12-13H2,1H3,(H2,21,22,27)/t17-/m1/s1. The van der Waals surface area contributed by atoms with Crippen LogP contribution in [-0.2, 0) is 17.7 Å². The van der Waals surface area contributed by atoms with Gasteiger partial charge < -0.3 is 15.4 Å². The molecule has 1 atom stereocenters. The van der Waals surface area contributed by atoms with Crippen LogP contribution in [0.3, 0.4) is 0 Å². The molecule has 0 aliphatic rings. The van der Waals surface area contributed by atoms with Gasteiger partial charge in [0.1, 0.15) is 0 Å². The molecule has 1 aromatic heterocycles. The second kappa shape index (κ2) is 9.31. The highest BCUT2D eigenvalue weighted by Crippen LogP contribution is 2.08. The Kier molecular flexibility index (Phi) is 6.35. The maximum atomic E-state index is 12.4. The normalized spacial score (nSPS) is 11.5. The number of benzene rings is 2. The Morgan fingerprint density at radius 1 is 1.07 bits per heavy atom. The summed E-state index contributed by atoms with van der Waals surface area (Å²) < 4.78 is 6.16. The first-order valence-corrected chi connectivity index (χ1v) is 8.79. The summed E-state index contributed by atoms with van der Waals surface area (Å²) in [6.07, 6.45) is 2.09. The van der Waals surface area contributed by atoms with Crippen molar-refractivity contribution in [3.8, 4) is 0 Å². The molecule has 0 aliphatic carbocycles. The number of rotatable bonds is 7. The lowest BCUT2D eigenvalue weighted by atomic mass is 10.1. The van der Waals surface area contributed by atoms with Crippen LogP contribution in [0.1, 0.15) is 16.1 Å². The minimum Gasteiger partial charge on any atom is -0.464 e. The number of para-hydroxylation sites is 1. The first-order chi connectivity index (χ1) is 13.6. The van der Waals surface area contributed by atoms with Crippen LogP contribution in [0.25, 0.3) is 0 Å². The quantitative estimate of drug-likeness (QED) is 0.615. The molecule has 0 bridgehead atoms. The van der Waals surface area contributed by atoms with Gasteiger partial charge in [-0.15, -0.1) is 5.10 Å². The van der Waals surface area contributed by atoms with Gasteiger partial charge in [0.2, 0.25) is 0 Å². The predicted molar refractivity (Wildman–Crippen MR) is 104 cm³/mol. The molecule has 8 heteroatoms. The van der Waals surface area contributed by atoms with Gasteiger partial charge in [-0.1, -0.05) is 53.7 Å². The van der Waals surface area contributed by atoms with E-state index < -0.39 is 5.97 Å². The van der Waals surface area contributed by atoms with Gasteiger partial charge in [-0.2, -0.15) is 0 Å². The predicted octanol–water partition coefficient (Wildman–Crippen LogP) is 2.50. The number of carbonyl (C=O) groups excluding carboxylic acids is 2. The van der Waals surface area contributed by atoms with E-state index in [9.17, 15) is 9.59 Å². The van der Waals surface area contributed by atoms with E-state index in [2.05, 4.69) is 25.7 Å². The van der Waals surface area contributed by atoms with Crippen LogP contribution in [0.4, 0.5) is 10.5 Å². The SMILES string of the molecule is COC(=O)c1cn(C[C@@H](Cc2ccccc2)NC(=O)Nc2ccccc2)nn1. The number of nitrogens with one attached hydrogen (secondary N) is 2. The lowest BCUT2D eigenvalue weighted by Gasteiger charge is -2.19. The number of carbonyl (C=O) groups is 2. The summed E-state index contributed by atoms with van der Waals surface area (Å²) in [5.74, 6) is -0.555. The topological polar surface area (TPSA) is 98.1 Å². The Balaban J connectivity index is 1.70. The van der Waals surface area contributed by atoms with Crippen molar-refractivity contribution in [1.82, 2.24) is 20.3 Å². The summed E-state index contributed by atoms with van der Waals surface area (Å²) in [5, 5.41) is 13.5. The van der Waals surface area contributed by atoms with Crippen molar-refractivity contribution in [1.29, 1.82) is 0 Å². The van der Waals surface area contributed by atoms with E-state index in [1.807, 2.05) is 60.7 Å². The van der Waals surface area contributed by atoms with Gasteiger partial charge in [0, 0.05) is 5.69 Å². The summed E-state index contributed by atoms with van der Waals surface area (Å²) in [5.41, 5.74) is 1.89. The van der Waals surface area contributed by atoms with Crippen molar-refractivity contribution in [3.05, 3.63) is 78.1 Å². The van der Waals surface area contributed by atoms with Crippen molar-refractivity contribution in [2.24, 2.45) is 0 Å². The summed E-state index contributed by atoms with van der Waals surface area (Å²) in [6, 6.07) is 18.4. The van der Waals surface area contributed by atoms with E-state index in [1.165, 1.54) is 18.0 Å². The van der Waals surface area contributed by atoms with E-state index in [-0.39, 0.29) is 17.8 Å². The monoisotopic (exact) mass is 379 g/mol. The van der Waals surface area contributed by atoms with Gasteiger partial charge in [0.05, 0.1) is 25.9 Å². The highest BCUT2D eigenvalue weighted by molar-refractivity contribution is 5.89. The van der Waals surface area contributed by atoms with E-state index >= 15 is 0 Å². The second-order valence-electron chi connectivity index (χ2n) is 6.17. The van der Waals surface area contributed by atoms with Crippen molar-refractivity contribution < 1.29 is 14.3 Å². The highest BCUT2D eigenvalue weighted by Gasteiger charge is 2.17. The first-order valence-electron chi connectivity index (χ1n) is 8.79. The highest BCUT2D eigenvalue weighted by atomic mass is 16.5. The Hall–Kier alpha value is -3.68. The molecule has 0 saturated carbocycles. The molecule has 1 heterocycles. The van der Waals surface area contributed by atoms with Gasteiger partial charge in [-0.25, -0.2) is 14.3 Å². The molecule has 0 fully saturated rings. The number of esters is 1. The zero-order valence-electron chi connectivity index (χ0n) is 15.4. The van der Waals surface area contributed by atoms with Crippen molar-refractivity contribution in [3.63, 3.8) is 0 Å². The molecule has 144 valence electrons. The summed E-state index contributed by atoms with van der Waals surface area (Å²) in [6.45, 7) is 0.348. The van der Waals surface area contributed by atoms with Gasteiger partial charge in [0.25, 0.3) is 0 Å². The number of amides is 2. The third kappa shape index (κ3) is 5.41. The molecule has 2 aromatic carbocycles. The molecule has 3 aromatic rings. The lowest BCUT2D eigenvalue weighted by Crippen LogP contribution is -2.42. The Morgan fingerprint density at radius 3 is 2.43 bits per heavy atom. The molecular formula is C20H21N5O3. The number of urea groups is 1. The van der Waals surface area contributed by atoms with Crippen molar-refractivity contribution in [2.75, 3.05) is 12.4 Å². The number of anilines is 1.